The Morgan fingerprint density at radius 3 is 2.65 bits per heavy atom. The zero-order valence-electron chi connectivity index (χ0n) is 8.44. The summed E-state index contributed by atoms with van der Waals surface area (Å²) in [6.07, 6.45) is 0. The smallest absolute Gasteiger partial charge is 0.337 e. The van der Waals surface area contributed by atoms with E-state index in [4.69, 9.17) is 5.11 Å². The number of carboxylic acid groups (broad SMARTS) is 1. The predicted octanol–water partition coefficient (Wildman–Crippen LogP) is 0.580. The molecule has 0 spiro atoms. The van der Waals surface area contributed by atoms with E-state index in [1.165, 1.54) is 6.07 Å². The second-order valence-electron chi connectivity index (χ2n) is 3.33. The first kappa shape index (κ1) is 11.1. The molecule has 0 saturated carbocycles. The summed E-state index contributed by atoms with van der Waals surface area (Å²) in [6, 6.07) is 2.48. The first-order valence-corrected chi connectivity index (χ1v) is 4.65. The van der Waals surface area contributed by atoms with Gasteiger partial charge in [0.25, 0.3) is 5.91 Å². The minimum atomic E-state index is -1.41. The fourth-order valence-corrected chi connectivity index (χ4v) is 1.56. The van der Waals surface area contributed by atoms with Gasteiger partial charge in [-0.05, 0) is 12.1 Å². The number of nitrogens with zero attached hydrogens (tertiary/aromatic N) is 1. The number of rotatable bonds is 2. The minimum Gasteiger partial charge on any atom is -0.478 e. The first-order chi connectivity index (χ1) is 8.02. The molecule has 1 saturated heterocycles. The van der Waals surface area contributed by atoms with E-state index >= 15 is 0 Å². The molecule has 7 heteroatoms. The number of benzene rings is 1. The third kappa shape index (κ3) is 1.71. The van der Waals surface area contributed by atoms with E-state index in [1.807, 2.05) is 0 Å². The molecule has 1 aromatic carbocycles. The van der Waals surface area contributed by atoms with Crippen LogP contribution in [0.2, 0.25) is 0 Å². The highest BCUT2D eigenvalue weighted by atomic mass is 19.1. The predicted molar refractivity (Wildman–Crippen MR) is 54.2 cm³/mol. The average molecular weight is 238 g/mol. The monoisotopic (exact) mass is 238 g/mol. The van der Waals surface area contributed by atoms with Gasteiger partial charge < -0.3 is 10.4 Å². The van der Waals surface area contributed by atoms with E-state index in [9.17, 15) is 18.8 Å². The van der Waals surface area contributed by atoms with Gasteiger partial charge in [-0.3, -0.25) is 4.79 Å². The molecular formula is C10H7FN2O4. The van der Waals surface area contributed by atoms with Crippen LogP contribution in [-0.2, 0) is 4.79 Å². The van der Waals surface area contributed by atoms with E-state index in [0.717, 1.165) is 12.1 Å². The SMILES string of the molecule is O=C(O)c1cccc(F)c1N1C(=O)CNC1=O. The van der Waals surface area contributed by atoms with Crippen LogP contribution in [0.5, 0.6) is 0 Å². The van der Waals surface area contributed by atoms with E-state index in [0.29, 0.717) is 4.90 Å². The van der Waals surface area contributed by atoms with Crippen LogP contribution < -0.4 is 10.2 Å². The molecule has 88 valence electrons. The summed E-state index contributed by atoms with van der Waals surface area (Å²) >= 11 is 0. The van der Waals surface area contributed by atoms with Crippen molar-refractivity contribution in [2.75, 3.05) is 11.4 Å². The maximum Gasteiger partial charge on any atom is 0.337 e. The lowest BCUT2D eigenvalue weighted by Crippen LogP contribution is -2.33. The third-order valence-electron chi connectivity index (χ3n) is 2.28. The van der Waals surface area contributed by atoms with E-state index in [-0.39, 0.29) is 6.54 Å². The molecular weight excluding hydrogens is 231 g/mol. The highest BCUT2D eigenvalue weighted by Gasteiger charge is 2.34. The van der Waals surface area contributed by atoms with Crippen LogP contribution in [0.15, 0.2) is 18.2 Å². The summed E-state index contributed by atoms with van der Waals surface area (Å²) in [5.74, 6) is -3.04. The van der Waals surface area contributed by atoms with E-state index in [1.54, 1.807) is 0 Å². The maximum absolute atomic E-state index is 13.6. The van der Waals surface area contributed by atoms with Crippen molar-refractivity contribution in [3.63, 3.8) is 0 Å². The molecule has 1 heterocycles. The molecule has 0 atom stereocenters. The summed E-state index contributed by atoms with van der Waals surface area (Å²) < 4.78 is 13.6. The van der Waals surface area contributed by atoms with Crippen molar-refractivity contribution in [1.82, 2.24) is 5.32 Å². The van der Waals surface area contributed by atoms with Crippen molar-refractivity contribution in [3.8, 4) is 0 Å². The van der Waals surface area contributed by atoms with Gasteiger partial charge in [-0.1, -0.05) is 6.07 Å². The van der Waals surface area contributed by atoms with E-state index in [2.05, 4.69) is 5.32 Å². The molecule has 0 aromatic heterocycles. The lowest BCUT2D eigenvalue weighted by atomic mass is 10.1. The van der Waals surface area contributed by atoms with Gasteiger partial charge in [0, 0.05) is 0 Å². The topological polar surface area (TPSA) is 86.7 Å². The Morgan fingerprint density at radius 2 is 2.12 bits per heavy atom. The van der Waals surface area contributed by atoms with Crippen LogP contribution in [0, 0.1) is 5.82 Å². The van der Waals surface area contributed by atoms with Gasteiger partial charge in [0.2, 0.25) is 0 Å². The second kappa shape index (κ2) is 3.85. The van der Waals surface area contributed by atoms with Crippen molar-refractivity contribution in [2.24, 2.45) is 0 Å². The minimum absolute atomic E-state index is 0.272. The molecule has 0 aliphatic carbocycles. The Balaban J connectivity index is 2.61. The molecule has 1 aromatic rings. The van der Waals surface area contributed by atoms with Crippen molar-refractivity contribution < 1.29 is 23.9 Å². The Kier molecular flexibility index (Phi) is 2.51. The lowest BCUT2D eigenvalue weighted by molar-refractivity contribution is -0.115. The molecule has 2 rings (SSSR count). The standard InChI is InChI=1S/C10H7FN2O4/c11-6-3-1-2-5(9(15)16)8(6)13-7(14)4-12-10(13)17/h1-3H,4H2,(H,12,17)(H,15,16). The molecule has 0 radical (unpaired) electrons. The average Bonchev–Trinajstić information content (AvgIpc) is 2.59. The van der Waals surface area contributed by atoms with Crippen LogP contribution in [-0.4, -0.2) is 29.6 Å². The van der Waals surface area contributed by atoms with Gasteiger partial charge in [-0.2, -0.15) is 0 Å². The number of carboxylic acids is 1. The largest absolute Gasteiger partial charge is 0.478 e. The Hall–Kier alpha value is -2.44. The molecule has 0 unspecified atom stereocenters. The highest BCUT2D eigenvalue weighted by molar-refractivity contribution is 6.21. The van der Waals surface area contributed by atoms with Crippen molar-refractivity contribution in [1.29, 1.82) is 0 Å². The number of urea groups is 1. The first-order valence-electron chi connectivity index (χ1n) is 4.65. The van der Waals surface area contributed by atoms with Crippen LogP contribution in [0.3, 0.4) is 0 Å². The molecule has 6 nitrogen and oxygen atoms in total. The number of anilines is 1. The number of carbonyl (C=O) groups excluding carboxylic acids is 2. The number of halogens is 1. The van der Waals surface area contributed by atoms with Crippen LogP contribution >= 0.6 is 0 Å². The van der Waals surface area contributed by atoms with E-state index < -0.39 is 35.0 Å². The summed E-state index contributed by atoms with van der Waals surface area (Å²) in [6.45, 7) is -0.272. The number of amides is 3. The van der Waals surface area contributed by atoms with Crippen molar-refractivity contribution in [2.45, 2.75) is 0 Å². The van der Waals surface area contributed by atoms with Gasteiger partial charge in [0.05, 0.1) is 12.1 Å². The summed E-state index contributed by atoms with van der Waals surface area (Å²) in [4.78, 5) is 34.1. The van der Waals surface area contributed by atoms with Gasteiger partial charge >= 0.3 is 12.0 Å². The normalized spacial score (nSPS) is 15.0. The number of nitrogens with one attached hydrogen (secondary N) is 1. The fraction of sp³-hybridized carbons (Fsp3) is 0.100. The second-order valence-corrected chi connectivity index (χ2v) is 3.33. The quantitative estimate of drug-likeness (QED) is 0.738. The molecule has 2 N–H and O–H groups in total. The van der Waals surface area contributed by atoms with Crippen molar-refractivity contribution in [3.05, 3.63) is 29.6 Å². The zero-order chi connectivity index (χ0) is 12.6. The molecule has 1 aliphatic rings. The third-order valence-corrected chi connectivity index (χ3v) is 2.28. The van der Waals surface area contributed by atoms with Gasteiger partial charge in [-0.25, -0.2) is 18.9 Å². The zero-order valence-corrected chi connectivity index (χ0v) is 8.44. The van der Waals surface area contributed by atoms with Crippen LogP contribution in [0.4, 0.5) is 14.9 Å². The summed E-state index contributed by atoms with van der Waals surface area (Å²) in [7, 11) is 0. The van der Waals surface area contributed by atoms with Crippen molar-refractivity contribution >= 4 is 23.6 Å². The van der Waals surface area contributed by atoms with Gasteiger partial charge in [0.1, 0.15) is 11.5 Å². The van der Waals surface area contributed by atoms with Crippen LogP contribution in [0.1, 0.15) is 10.4 Å². The van der Waals surface area contributed by atoms with Crippen LogP contribution in [0.25, 0.3) is 0 Å². The fourth-order valence-electron chi connectivity index (χ4n) is 1.56. The highest BCUT2D eigenvalue weighted by Crippen LogP contribution is 2.26. The molecule has 17 heavy (non-hydrogen) atoms. The molecule has 0 bridgehead atoms. The van der Waals surface area contributed by atoms with Gasteiger partial charge in [0.15, 0.2) is 0 Å². The number of aromatic carboxylic acids is 1. The number of hydrogen-bond donors (Lipinski definition) is 2. The Bertz CT molecular complexity index is 513. The number of imide groups is 1. The van der Waals surface area contributed by atoms with Gasteiger partial charge in [-0.15, -0.1) is 0 Å². The molecule has 1 fully saturated rings. The summed E-state index contributed by atoms with van der Waals surface area (Å²) in [5, 5.41) is 11.1. The number of carbonyl (C=O) groups is 3. The Labute approximate surface area is 94.6 Å². The molecule has 1 aliphatic heterocycles. The molecule has 3 amide bonds. The number of para-hydroxylation sites is 1. The maximum atomic E-state index is 13.6. The number of hydrogen-bond acceptors (Lipinski definition) is 3. The lowest BCUT2D eigenvalue weighted by Gasteiger charge is -2.15. The Morgan fingerprint density at radius 1 is 1.41 bits per heavy atom. The summed E-state index contributed by atoms with van der Waals surface area (Å²) in [5.41, 5.74) is -0.963.